The second-order valence-corrected chi connectivity index (χ2v) is 6.46. The molecule has 5 heteroatoms. The zero-order chi connectivity index (χ0) is 14.2. The van der Waals surface area contributed by atoms with Gasteiger partial charge in [-0.15, -0.1) is 10.2 Å². The van der Waals surface area contributed by atoms with E-state index in [0.717, 1.165) is 50.5 Å². The number of hydrogen-bond acceptors (Lipinski definition) is 4. The van der Waals surface area contributed by atoms with Gasteiger partial charge in [0.25, 0.3) is 0 Å². The first-order chi connectivity index (χ1) is 9.61. The molecule has 112 valence electrons. The Morgan fingerprint density at radius 3 is 3.15 bits per heavy atom. The zero-order valence-corrected chi connectivity index (χ0v) is 12.9. The summed E-state index contributed by atoms with van der Waals surface area (Å²) in [6.07, 6.45) is 5.51. The van der Waals surface area contributed by atoms with Crippen LogP contribution >= 0.6 is 0 Å². The monoisotopic (exact) mass is 278 g/mol. The van der Waals surface area contributed by atoms with E-state index >= 15 is 0 Å². The molecular formula is C15H26N4O. The van der Waals surface area contributed by atoms with Gasteiger partial charge in [0.1, 0.15) is 11.6 Å². The molecule has 0 aliphatic carbocycles. The van der Waals surface area contributed by atoms with E-state index in [0.29, 0.717) is 6.04 Å². The Bertz CT molecular complexity index is 472. The number of nitrogens with one attached hydrogen (secondary N) is 1. The van der Waals surface area contributed by atoms with Gasteiger partial charge >= 0.3 is 0 Å². The Kier molecular flexibility index (Phi) is 3.82. The van der Waals surface area contributed by atoms with Gasteiger partial charge in [0.2, 0.25) is 0 Å². The molecular weight excluding hydrogens is 252 g/mol. The normalized spacial score (nSPS) is 31.2. The van der Waals surface area contributed by atoms with Gasteiger partial charge in [-0.25, -0.2) is 0 Å². The molecule has 5 nitrogen and oxygen atoms in total. The molecule has 1 N–H and O–H groups in total. The SMILES string of the molecule is CCC1(C)CC(NC(C)c2nnc3n2CCC3)CCO1. The van der Waals surface area contributed by atoms with Crippen LogP contribution in [0.5, 0.6) is 0 Å². The highest BCUT2D eigenvalue weighted by atomic mass is 16.5. The van der Waals surface area contributed by atoms with Crippen LogP contribution in [-0.4, -0.2) is 33.0 Å². The first kappa shape index (κ1) is 14.0. The van der Waals surface area contributed by atoms with Crippen LogP contribution in [0.4, 0.5) is 0 Å². The third kappa shape index (κ3) is 2.61. The number of nitrogens with zero attached hydrogens (tertiary/aromatic N) is 3. The fraction of sp³-hybridized carbons (Fsp3) is 0.867. The van der Waals surface area contributed by atoms with Gasteiger partial charge in [-0.1, -0.05) is 6.92 Å². The molecule has 1 saturated heterocycles. The molecule has 3 unspecified atom stereocenters. The molecule has 0 bridgehead atoms. The summed E-state index contributed by atoms with van der Waals surface area (Å²) in [7, 11) is 0. The van der Waals surface area contributed by atoms with E-state index in [1.165, 1.54) is 6.42 Å². The molecule has 3 heterocycles. The summed E-state index contributed by atoms with van der Waals surface area (Å²) >= 11 is 0. The number of rotatable bonds is 4. The summed E-state index contributed by atoms with van der Waals surface area (Å²) in [5.41, 5.74) is 0.0302. The standard InChI is InChI=1S/C15H26N4O/c1-4-15(3)10-12(7-9-20-15)16-11(2)14-18-17-13-6-5-8-19(13)14/h11-12,16H,4-10H2,1-3H3. The highest BCUT2D eigenvalue weighted by Gasteiger charge is 2.33. The average molecular weight is 278 g/mol. The van der Waals surface area contributed by atoms with Crippen LogP contribution in [0.3, 0.4) is 0 Å². The molecule has 1 aromatic heterocycles. The molecule has 0 spiro atoms. The maximum atomic E-state index is 5.92. The second kappa shape index (κ2) is 5.45. The number of aromatic nitrogens is 3. The van der Waals surface area contributed by atoms with Crippen molar-refractivity contribution in [2.75, 3.05) is 6.61 Å². The fourth-order valence-electron chi connectivity index (χ4n) is 3.44. The lowest BCUT2D eigenvalue weighted by Crippen LogP contribution is -2.46. The molecule has 2 aliphatic heterocycles. The maximum Gasteiger partial charge on any atom is 0.149 e. The van der Waals surface area contributed by atoms with E-state index < -0.39 is 0 Å². The average Bonchev–Trinajstić information content (AvgIpc) is 3.00. The minimum atomic E-state index is 0.0302. The van der Waals surface area contributed by atoms with Gasteiger partial charge in [-0.2, -0.15) is 0 Å². The van der Waals surface area contributed by atoms with Crippen LogP contribution < -0.4 is 5.32 Å². The molecule has 20 heavy (non-hydrogen) atoms. The van der Waals surface area contributed by atoms with Crippen molar-refractivity contribution in [3.8, 4) is 0 Å². The Morgan fingerprint density at radius 1 is 1.50 bits per heavy atom. The Morgan fingerprint density at radius 2 is 2.35 bits per heavy atom. The number of aryl methyl sites for hydroxylation is 1. The third-order valence-corrected chi connectivity index (χ3v) is 4.85. The minimum Gasteiger partial charge on any atom is -0.375 e. The van der Waals surface area contributed by atoms with Crippen molar-refractivity contribution in [1.82, 2.24) is 20.1 Å². The maximum absolute atomic E-state index is 5.92. The first-order valence-electron chi connectivity index (χ1n) is 7.93. The van der Waals surface area contributed by atoms with Crippen molar-refractivity contribution in [3.05, 3.63) is 11.6 Å². The summed E-state index contributed by atoms with van der Waals surface area (Å²) in [6.45, 7) is 8.56. The van der Waals surface area contributed by atoms with Gasteiger partial charge < -0.3 is 14.6 Å². The zero-order valence-electron chi connectivity index (χ0n) is 12.9. The third-order valence-electron chi connectivity index (χ3n) is 4.85. The topological polar surface area (TPSA) is 52.0 Å². The molecule has 1 aromatic rings. The van der Waals surface area contributed by atoms with Gasteiger partial charge in [0.15, 0.2) is 0 Å². The van der Waals surface area contributed by atoms with Crippen molar-refractivity contribution in [2.24, 2.45) is 0 Å². The molecule has 2 aliphatic rings. The molecule has 1 fully saturated rings. The molecule has 3 rings (SSSR count). The molecule has 0 aromatic carbocycles. The second-order valence-electron chi connectivity index (χ2n) is 6.46. The van der Waals surface area contributed by atoms with E-state index in [1.54, 1.807) is 0 Å². The Labute approximate surface area is 121 Å². The van der Waals surface area contributed by atoms with Crippen LogP contribution in [0.2, 0.25) is 0 Å². The van der Waals surface area contributed by atoms with Gasteiger partial charge in [0.05, 0.1) is 11.6 Å². The summed E-state index contributed by atoms with van der Waals surface area (Å²) in [5.74, 6) is 2.25. The van der Waals surface area contributed by atoms with Crippen LogP contribution in [-0.2, 0) is 17.7 Å². The Balaban J connectivity index is 1.65. The molecule has 0 radical (unpaired) electrons. The lowest BCUT2D eigenvalue weighted by atomic mass is 9.89. The quantitative estimate of drug-likeness (QED) is 0.917. The van der Waals surface area contributed by atoms with E-state index in [4.69, 9.17) is 4.74 Å². The van der Waals surface area contributed by atoms with Crippen molar-refractivity contribution in [2.45, 2.75) is 77.1 Å². The molecule has 0 saturated carbocycles. The van der Waals surface area contributed by atoms with Crippen LogP contribution in [0.1, 0.15) is 64.1 Å². The van der Waals surface area contributed by atoms with Gasteiger partial charge in [0, 0.05) is 25.6 Å². The van der Waals surface area contributed by atoms with Crippen LogP contribution in [0.15, 0.2) is 0 Å². The molecule has 3 atom stereocenters. The van der Waals surface area contributed by atoms with Crippen LogP contribution in [0, 0.1) is 0 Å². The summed E-state index contributed by atoms with van der Waals surface area (Å²) in [5, 5.41) is 12.4. The van der Waals surface area contributed by atoms with Crippen molar-refractivity contribution in [1.29, 1.82) is 0 Å². The van der Waals surface area contributed by atoms with E-state index in [-0.39, 0.29) is 11.6 Å². The Hall–Kier alpha value is -0.940. The lowest BCUT2D eigenvalue weighted by molar-refractivity contribution is -0.0790. The highest BCUT2D eigenvalue weighted by Crippen LogP contribution is 2.29. The van der Waals surface area contributed by atoms with Gasteiger partial charge in [-0.05, 0) is 39.5 Å². The smallest absolute Gasteiger partial charge is 0.149 e. The summed E-state index contributed by atoms with van der Waals surface area (Å²) in [4.78, 5) is 0. The van der Waals surface area contributed by atoms with Gasteiger partial charge in [-0.3, -0.25) is 0 Å². The van der Waals surface area contributed by atoms with Crippen molar-refractivity contribution >= 4 is 0 Å². The van der Waals surface area contributed by atoms with Crippen molar-refractivity contribution < 1.29 is 4.74 Å². The molecule has 0 amide bonds. The lowest BCUT2D eigenvalue weighted by Gasteiger charge is -2.39. The largest absolute Gasteiger partial charge is 0.375 e. The van der Waals surface area contributed by atoms with Crippen molar-refractivity contribution in [3.63, 3.8) is 0 Å². The highest BCUT2D eigenvalue weighted by molar-refractivity contribution is 5.04. The van der Waals surface area contributed by atoms with E-state index in [9.17, 15) is 0 Å². The minimum absolute atomic E-state index is 0.0302. The van der Waals surface area contributed by atoms with E-state index in [1.807, 2.05) is 0 Å². The first-order valence-corrected chi connectivity index (χ1v) is 7.93. The summed E-state index contributed by atoms with van der Waals surface area (Å²) < 4.78 is 8.21. The van der Waals surface area contributed by atoms with Crippen LogP contribution in [0.25, 0.3) is 0 Å². The van der Waals surface area contributed by atoms with E-state index in [2.05, 4.69) is 40.9 Å². The predicted molar refractivity (Wildman–Crippen MR) is 77.6 cm³/mol. The number of fused-ring (bicyclic) bond motifs is 1. The predicted octanol–water partition coefficient (Wildman–Crippen LogP) is 2.22. The number of hydrogen-bond donors (Lipinski definition) is 1. The fourth-order valence-corrected chi connectivity index (χ4v) is 3.44. The number of ether oxygens (including phenoxy) is 1. The summed E-state index contributed by atoms with van der Waals surface area (Å²) in [6, 6.07) is 0.775.